The minimum absolute atomic E-state index is 0.680. The SMILES string of the molecule is Cc1c(-c2cc(CBr)on2)cnn1C. The molecule has 0 atom stereocenters. The third kappa shape index (κ3) is 1.48. The Kier molecular flexibility index (Phi) is 2.41. The molecule has 4 nitrogen and oxygen atoms in total. The summed E-state index contributed by atoms with van der Waals surface area (Å²) in [6.45, 7) is 2.00. The first-order valence-electron chi connectivity index (χ1n) is 4.23. The van der Waals surface area contributed by atoms with Crippen LogP contribution in [0.25, 0.3) is 11.3 Å². The summed E-state index contributed by atoms with van der Waals surface area (Å²) >= 11 is 3.31. The van der Waals surface area contributed by atoms with Crippen LogP contribution in [0.3, 0.4) is 0 Å². The van der Waals surface area contributed by atoms with Gasteiger partial charge in [0, 0.05) is 24.4 Å². The third-order valence-electron chi connectivity index (χ3n) is 2.20. The van der Waals surface area contributed by atoms with E-state index in [4.69, 9.17) is 4.52 Å². The predicted octanol–water partition coefficient (Wildman–Crippen LogP) is 2.28. The monoisotopic (exact) mass is 255 g/mol. The highest BCUT2D eigenvalue weighted by atomic mass is 79.9. The molecule has 0 spiro atoms. The Labute approximate surface area is 90.0 Å². The van der Waals surface area contributed by atoms with Crippen molar-refractivity contribution < 1.29 is 4.52 Å². The molecule has 2 aromatic rings. The number of rotatable bonds is 2. The molecule has 2 rings (SSSR count). The zero-order valence-corrected chi connectivity index (χ0v) is 9.58. The van der Waals surface area contributed by atoms with E-state index in [1.807, 2.05) is 24.7 Å². The van der Waals surface area contributed by atoms with Crippen molar-refractivity contribution in [3.63, 3.8) is 0 Å². The molecule has 0 aromatic carbocycles. The van der Waals surface area contributed by atoms with Crippen molar-refractivity contribution >= 4 is 15.9 Å². The zero-order valence-electron chi connectivity index (χ0n) is 7.99. The topological polar surface area (TPSA) is 43.9 Å². The second-order valence-corrected chi connectivity index (χ2v) is 3.64. The van der Waals surface area contributed by atoms with E-state index >= 15 is 0 Å². The van der Waals surface area contributed by atoms with Crippen LogP contribution in [0.4, 0.5) is 0 Å². The Balaban J connectivity index is 2.44. The lowest BCUT2D eigenvalue weighted by atomic mass is 10.2. The predicted molar refractivity (Wildman–Crippen MR) is 56.1 cm³/mol. The molecule has 0 aliphatic heterocycles. The van der Waals surface area contributed by atoms with E-state index in [0.29, 0.717) is 5.33 Å². The molecule has 5 heteroatoms. The second kappa shape index (κ2) is 3.57. The second-order valence-electron chi connectivity index (χ2n) is 3.08. The molecule has 0 fully saturated rings. The molecule has 0 aliphatic carbocycles. The van der Waals surface area contributed by atoms with E-state index in [-0.39, 0.29) is 0 Å². The van der Waals surface area contributed by atoms with Crippen LogP contribution < -0.4 is 0 Å². The van der Waals surface area contributed by atoms with Crippen LogP contribution in [0.1, 0.15) is 11.5 Å². The van der Waals surface area contributed by atoms with Crippen LogP contribution in [-0.4, -0.2) is 14.9 Å². The third-order valence-corrected chi connectivity index (χ3v) is 2.75. The standard InChI is InChI=1S/C9H10BrN3O/c1-6-8(5-11-13(6)2)9-3-7(4-10)14-12-9/h3,5H,4H2,1-2H3. The molecular weight excluding hydrogens is 246 g/mol. The fourth-order valence-electron chi connectivity index (χ4n) is 1.25. The minimum atomic E-state index is 0.680. The first kappa shape index (κ1) is 9.45. The Hall–Kier alpha value is -1.10. The number of aryl methyl sites for hydroxylation is 1. The van der Waals surface area contributed by atoms with Crippen molar-refractivity contribution in [2.45, 2.75) is 12.3 Å². The first-order valence-corrected chi connectivity index (χ1v) is 5.35. The summed E-state index contributed by atoms with van der Waals surface area (Å²) in [5.41, 5.74) is 2.94. The van der Waals surface area contributed by atoms with Gasteiger partial charge < -0.3 is 4.52 Å². The van der Waals surface area contributed by atoms with Gasteiger partial charge in [0.2, 0.25) is 0 Å². The van der Waals surface area contributed by atoms with Crippen molar-refractivity contribution in [1.29, 1.82) is 0 Å². The van der Waals surface area contributed by atoms with E-state index in [9.17, 15) is 0 Å². The summed E-state index contributed by atoms with van der Waals surface area (Å²) in [7, 11) is 1.91. The molecule has 0 unspecified atom stereocenters. The maximum Gasteiger partial charge on any atom is 0.147 e. The van der Waals surface area contributed by atoms with Gasteiger partial charge in [-0.1, -0.05) is 21.1 Å². The van der Waals surface area contributed by atoms with Crippen molar-refractivity contribution in [2.24, 2.45) is 7.05 Å². The number of hydrogen-bond donors (Lipinski definition) is 0. The first-order chi connectivity index (χ1) is 6.72. The van der Waals surface area contributed by atoms with Gasteiger partial charge in [0.15, 0.2) is 0 Å². The number of hydrogen-bond acceptors (Lipinski definition) is 3. The summed E-state index contributed by atoms with van der Waals surface area (Å²) in [4.78, 5) is 0. The minimum Gasteiger partial charge on any atom is -0.360 e. The molecular formula is C9H10BrN3O. The Morgan fingerprint density at radius 2 is 2.36 bits per heavy atom. The van der Waals surface area contributed by atoms with Crippen LogP contribution in [0.2, 0.25) is 0 Å². The van der Waals surface area contributed by atoms with Crippen molar-refractivity contribution in [3.8, 4) is 11.3 Å². The van der Waals surface area contributed by atoms with E-state index in [2.05, 4.69) is 26.2 Å². The number of nitrogens with zero attached hydrogens (tertiary/aromatic N) is 3. The summed E-state index contributed by atoms with van der Waals surface area (Å²) in [6.07, 6.45) is 1.80. The maximum atomic E-state index is 5.10. The summed E-state index contributed by atoms with van der Waals surface area (Å²) < 4.78 is 6.92. The van der Waals surface area contributed by atoms with Crippen LogP contribution in [0.15, 0.2) is 16.8 Å². The van der Waals surface area contributed by atoms with Crippen LogP contribution in [0, 0.1) is 6.92 Å². The molecule has 2 aromatic heterocycles. The molecule has 74 valence electrons. The summed E-state index contributed by atoms with van der Waals surface area (Å²) in [6, 6.07) is 1.92. The lowest BCUT2D eigenvalue weighted by Crippen LogP contribution is -1.92. The molecule has 14 heavy (non-hydrogen) atoms. The quantitative estimate of drug-likeness (QED) is 0.774. The number of aromatic nitrogens is 3. The van der Waals surface area contributed by atoms with E-state index < -0.39 is 0 Å². The normalized spacial score (nSPS) is 10.8. The molecule has 0 aliphatic rings. The van der Waals surface area contributed by atoms with E-state index in [1.165, 1.54) is 0 Å². The average molecular weight is 256 g/mol. The van der Waals surface area contributed by atoms with Gasteiger partial charge in [-0.05, 0) is 6.92 Å². The van der Waals surface area contributed by atoms with Crippen molar-refractivity contribution in [3.05, 3.63) is 23.7 Å². The number of alkyl halides is 1. The molecule has 0 saturated heterocycles. The smallest absolute Gasteiger partial charge is 0.147 e. The molecule has 0 amide bonds. The fraction of sp³-hybridized carbons (Fsp3) is 0.333. The lowest BCUT2D eigenvalue weighted by molar-refractivity contribution is 0.398. The van der Waals surface area contributed by atoms with Crippen molar-refractivity contribution in [2.75, 3.05) is 0 Å². The Morgan fingerprint density at radius 1 is 1.57 bits per heavy atom. The van der Waals surface area contributed by atoms with E-state index in [0.717, 1.165) is 22.7 Å². The van der Waals surface area contributed by atoms with Gasteiger partial charge in [-0.25, -0.2) is 0 Å². The highest BCUT2D eigenvalue weighted by Crippen LogP contribution is 2.22. The van der Waals surface area contributed by atoms with Gasteiger partial charge in [-0.2, -0.15) is 5.10 Å². The van der Waals surface area contributed by atoms with Crippen LogP contribution in [-0.2, 0) is 12.4 Å². The van der Waals surface area contributed by atoms with Gasteiger partial charge in [0.05, 0.1) is 11.5 Å². The van der Waals surface area contributed by atoms with Crippen LogP contribution in [0.5, 0.6) is 0 Å². The molecule has 2 heterocycles. The van der Waals surface area contributed by atoms with Gasteiger partial charge >= 0.3 is 0 Å². The fourth-order valence-corrected chi connectivity index (χ4v) is 1.52. The molecule has 0 bridgehead atoms. The highest BCUT2D eigenvalue weighted by Gasteiger charge is 2.10. The van der Waals surface area contributed by atoms with Gasteiger partial charge in [-0.3, -0.25) is 4.68 Å². The van der Waals surface area contributed by atoms with Gasteiger partial charge in [0.25, 0.3) is 0 Å². The Bertz CT molecular complexity index is 447. The molecule has 0 radical (unpaired) electrons. The summed E-state index contributed by atoms with van der Waals surface area (Å²) in [5, 5.41) is 8.80. The molecule has 0 N–H and O–H groups in total. The number of halogens is 1. The van der Waals surface area contributed by atoms with Gasteiger partial charge in [-0.15, -0.1) is 0 Å². The lowest BCUT2D eigenvalue weighted by Gasteiger charge is -1.94. The molecule has 0 saturated carbocycles. The van der Waals surface area contributed by atoms with Gasteiger partial charge in [0.1, 0.15) is 11.5 Å². The highest BCUT2D eigenvalue weighted by molar-refractivity contribution is 9.08. The largest absolute Gasteiger partial charge is 0.360 e. The maximum absolute atomic E-state index is 5.10. The Morgan fingerprint density at radius 3 is 2.86 bits per heavy atom. The zero-order chi connectivity index (χ0) is 10.1. The van der Waals surface area contributed by atoms with Crippen LogP contribution >= 0.6 is 15.9 Å². The van der Waals surface area contributed by atoms with Crippen molar-refractivity contribution in [1.82, 2.24) is 14.9 Å². The van der Waals surface area contributed by atoms with E-state index in [1.54, 1.807) is 6.20 Å². The summed E-state index contributed by atoms with van der Waals surface area (Å²) in [5.74, 6) is 0.822. The average Bonchev–Trinajstić information content (AvgIpc) is 2.75.